The monoisotopic (exact) mass is 560 g/mol. The van der Waals surface area contributed by atoms with Crippen molar-refractivity contribution in [1.82, 2.24) is 9.47 Å². The first-order valence-corrected chi connectivity index (χ1v) is 14.2. The van der Waals surface area contributed by atoms with Crippen LogP contribution in [0.4, 0.5) is 4.79 Å². The van der Waals surface area contributed by atoms with Gasteiger partial charge in [0, 0.05) is 42.3 Å². The minimum absolute atomic E-state index is 0.373. The van der Waals surface area contributed by atoms with E-state index in [1.807, 2.05) is 62.4 Å². The Kier molecular flexibility index (Phi) is 8.93. The second-order valence-electron chi connectivity index (χ2n) is 9.91. The molecule has 5 aromatic rings. The molecule has 0 aliphatic carbocycles. The molecule has 0 bridgehead atoms. The molecule has 0 fully saturated rings. The predicted octanol–water partition coefficient (Wildman–Crippen LogP) is 8.38. The third kappa shape index (κ3) is 6.18. The molecule has 6 heteroatoms. The molecule has 0 radical (unpaired) electrons. The van der Waals surface area contributed by atoms with Crippen molar-refractivity contribution in [2.45, 2.75) is 20.4 Å². The van der Waals surface area contributed by atoms with Crippen LogP contribution in [-0.2, 0) is 6.54 Å². The first-order valence-electron chi connectivity index (χ1n) is 14.2. The van der Waals surface area contributed by atoms with E-state index in [1.165, 1.54) is 11.1 Å². The standard InChI is InChI=1S/C36H36N2O4/c1-5-37(6-2)36(39)42-33-21-19-31-30(35(33)29-18-20-32(40-3)34(24-29)41-4)22-23-38(31)25-28-16-14-27(15-17-28)13-12-26-10-8-7-9-11-26/h7-24H,5-6,25H2,1-4H3. The molecule has 0 N–H and O–H groups in total. The fourth-order valence-electron chi connectivity index (χ4n) is 5.09. The van der Waals surface area contributed by atoms with Crippen molar-refractivity contribution >= 4 is 29.1 Å². The SMILES string of the molecule is CCN(CC)C(=O)Oc1ccc2c(ccn2Cc2ccc(C=Cc3ccccc3)cc2)c1-c1ccc(OC)c(OC)c1. The van der Waals surface area contributed by atoms with Crippen molar-refractivity contribution in [3.05, 3.63) is 114 Å². The van der Waals surface area contributed by atoms with Crippen LogP contribution >= 0.6 is 0 Å². The molecule has 1 aromatic heterocycles. The number of amides is 1. The van der Waals surface area contributed by atoms with Crippen LogP contribution in [0.1, 0.15) is 30.5 Å². The summed E-state index contributed by atoms with van der Waals surface area (Å²) in [5, 5.41) is 0.981. The van der Waals surface area contributed by atoms with Gasteiger partial charge in [-0.3, -0.25) is 0 Å². The highest BCUT2D eigenvalue weighted by Gasteiger charge is 2.20. The Morgan fingerprint density at radius 3 is 2.10 bits per heavy atom. The molecule has 214 valence electrons. The largest absolute Gasteiger partial charge is 0.493 e. The lowest BCUT2D eigenvalue weighted by atomic mass is 10.00. The normalized spacial score (nSPS) is 11.1. The lowest BCUT2D eigenvalue weighted by Gasteiger charge is -2.20. The second kappa shape index (κ2) is 13.1. The lowest BCUT2D eigenvalue weighted by Crippen LogP contribution is -2.33. The maximum Gasteiger partial charge on any atom is 0.415 e. The third-order valence-electron chi connectivity index (χ3n) is 7.41. The molecule has 0 unspecified atom stereocenters. The molecule has 1 heterocycles. The van der Waals surface area contributed by atoms with Gasteiger partial charge in [0.05, 0.1) is 14.2 Å². The van der Waals surface area contributed by atoms with Gasteiger partial charge in [0.2, 0.25) is 0 Å². The van der Waals surface area contributed by atoms with Crippen LogP contribution in [0.2, 0.25) is 0 Å². The van der Waals surface area contributed by atoms with E-state index in [-0.39, 0.29) is 6.09 Å². The minimum Gasteiger partial charge on any atom is -0.493 e. The highest BCUT2D eigenvalue weighted by atomic mass is 16.6. The van der Waals surface area contributed by atoms with Crippen molar-refractivity contribution in [1.29, 1.82) is 0 Å². The predicted molar refractivity (Wildman–Crippen MR) is 170 cm³/mol. The Balaban J connectivity index is 1.49. The van der Waals surface area contributed by atoms with E-state index in [9.17, 15) is 4.79 Å². The first kappa shape index (κ1) is 28.6. The quantitative estimate of drug-likeness (QED) is 0.161. The van der Waals surface area contributed by atoms with E-state index in [0.29, 0.717) is 36.9 Å². The maximum absolute atomic E-state index is 13.0. The van der Waals surface area contributed by atoms with Crippen molar-refractivity contribution in [3.63, 3.8) is 0 Å². The van der Waals surface area contributed by atoms with Gasteiger partial charge in [-0.15, -0.1) is 0 Å². The molecule has 0 aliphatic heterocycles. The molecular formula is C36H36N2O4. The van der Waals surface area contributed by atoms with E-state index < -0.39 is 0 Å². The number of methoxy groups -OCH3 is 2. The van der Waals surface area contributed by atoms with Crippen LogP contribution in [0.15, 0.2) is 97.2 Å². The van der Waals surface area contributed by atoms with Crippen LogP contribution in [0.3, 0.4) is 0 Å². The summed E-state index contributed by atoms with van der Waals surface area (Å²) in [5.74, 6) is 1.74. The number of carbonyl (C=O) groups is 1. The Hall–Kier alpha value is -4.97. The third-order valence-corrected chi connectivity index (χ3v) is 7.41. The number of carbonyl (C=O) groups excluding carboxylic acids is 1. The van der Waals surface area contributed by atoms with Gasteiger partial charge in [-0.2, -0.15) is 0 Å². The van der Waals surface area contributed by atoms with Crippen LogP contribution in [0, 0.1) is 0 Å². The van der Waals surface area contributed by atoms with Crippen LogP contribution in [0.5, 0.6) is 17.2 Å². The Morgan fingerprint density at radius 1 is 0.762 bits per heavy atom. The summed E-state index contributed by atoms with van der Waals surface area (Å²) < 4.78 is 19.2. The minimum atomic E-state index is -0.373. The molecule has 5 rings (SSSR count). The smallest absolute Gasteiger partial charge is 0.415 e. The summed E-state index contributed by atoms with van der Waals surface area (Å²) in [5.41, 5.74) is 6.25. The maximum atomic E-state index is 13.0. The molecule has 0 atom stereocenters. The first-order chi connectivity index (χ1) is 20.5. The highest BCUT2D eigenvalue weighted by molar-refractivity contribution is 6.00. The number of hydrogen-bond donors (Lipinski definition) is 0. The van der Waals surface area contributed by atoms with Crippen LogP contribution in [0.25, 0.3) is 34.2 Å². The Bertz CT molecular complexity index is 1680. The number of fused-ring (bicyclic) bond motifs is 1. The number of hydrogen-bond acceptors (Lipinski definition) is 4. The van der Waals surface area contributed by atoms with Crippen LogP contribution < -0.4 is 14.2 Å². The summed E-state index contributed by atoms with van der Waals surface area (Å²) in [7, 11) is 3.23. The van der Waals surface area contributed by atoms with Crippen molar-refractivity contribution < 1.29 is 19.0 Å². The number of nitrogens with zero attached hydrogens (tertiary/aromatic N) is 2. The number of ether oxygens (including phenoxy) is 3. The number of aromatic nitrogens is 1. The van der Waals surface area contributed by atoms with Gasteiger partial charge < -0.3 is 23.7 Å². The van der Waals surface area contributed by atoms with Crippen LogP contribution in [-0.4, -0.2) is 42.9 Å². The van der Waals surface area contributed by atoms with Gasteiger partial charge in [-0.25, -0.2) is 4.79 Å². The molecule has 4 aromatic carbocycles. The summed E-state index contributed by atoms with van der Waals surface area (Å²) in [6.45, 7) is 5.72. The van der Waals surface area contributed by atoms with E-state index >= 15 is 0 Å². The van der Waals surface area contributed by atoms with E-state index in [4.69, 9.17) is 14.2 Å². The molecular weight excluding hydrogens is 524 g/mol. The molecule has 0 saturated carbocycles. The van der Waals surface area contributed by atoms with E-state index in [2.05, 4.69) is 65.4 Å². The average molecular weight is 561 g/mol. The molecule has 0 aliphatic rings. The number of rotatable bonds is 10. The summed E-state index contributed by atoms with van der Waals surface area (Å²) in [6, 6.07) is 30.6. The molecule has 0 saturated heterocycles. The second-order valence-corrected chi connectivity index (χ2v) is 9.91. The summed E-state index contributed by atoms with van der Waals surface area (Å²) in [6.07, 6.45) is 5.95. The van der Waals surface area contributed by atoms with Crippen molar-refractivity contribution in [3.8, 4) is 28.4 Å². The fraction of sp³-hybridized carbons (Fsp3) is 0.194. The zero-order valence-corrected chi connectivity index (χ0v) is 24.5. The molecule has 42 heavy (non-hydrogen) atoms. The topological polar surface area (TPSA) is 52.9 Å². The van der Waals surface area contributed by atoms with Gasteiger partial charge in [0.1, 0.15) is 5.75 Å². The van der Waals surface area contributed by atoms with Gasteiger partial charge in [-0.05, 0) is 66.4 Å². The Labute approximate surface area is 247 Å². The van der Waals surface area contributed by atoms with Crippen molar-refractivity contribution in [2.75, 3.05) is 27.3 Å². The zero-order chi connectivity index (χ0) is 29.5. The molecule has 0 spiro atoms. The summed E-state index contributed by atoms with van der Waals surface area (Å²) >= 11 is 0. The van der Waals surface area contributed by atoms with Crippen molar-refractivity contribution in [2.24, 2.45) is 0 Å². The van der Waals surface area contributed by atoms with Gasteiger partial charge >= 0.3 is 6.09 Å². The molecule has 6 nitrogen and oxygen atoms in total. The highest BCUT2D eigenvalue weighted by Crippen LogP contribution is 2.41. The zero-order valence-electron chi connectivity index (χ0n) is 24.5. The Morgan fingerprint density at radius 2 is 1.43 bits per heavy atom. The van der Waals surface area contributed by atoms with Gasteiger partial charge in [-0.1, -0.05) is 72.8 Å². The fourth-order valence-corrected chi connectivity index (χ4v) is 5.09. The van der Waals surface area contributed by atoms with Gasteiger partial charge in [0.25, 0.3) is 0 Å². The summed E-state index contributed by atoms with van der Waals surface area (Å²) in [4.78, 5) is 14.6. The number of benzene rings is 4. The lowest BCUT2D eigenvalue weighted by molar-refractivity contribution is 0.157. The van der Waals surface area contributed by atoms with E-state index in [1.54, 1.807) is 19.1 Å². The van der Waals surface area contributed by atoms with E-state index in [0.717, 1.165) is 27.6 Å². The average Bonchev–Trinajstić information content (AvgIpc) is 3.43. The van der Waals surface area contributed by atoms with Gasteiger partial charge in [0.15, 0.2) is 11.5 Å². The molecule has 1 amide bonds.